The lowest BCUT2D eigenvalue weighted by molar-refractivity contribution is -0.143. The number of nitrogens with zero attached hydrogens (tertiary/aromatic N) is 3. The van der Waals surface area contributed by atoms with Gasteiger partial charge in [-0.3, -0.25) is 9.36 Å². The lowest BCUT2D eigenvalue weighted by atomic mass is 9.95. The van der Waals surface area contributed by atoms with Crippen molar-refractivity contribution in [1.82, 2.24) is 4.57 Å². The van der Waals surface area contributed by atoms with Gasteiger partial charge in [-0.15, -0.1) is 0 Å². The number of fused-ring (bicyclic) bond motifs is 1. The first-order valence-corrected chi connectivity index (χ1v) is 17.6. The van der Waals surface area contributed by atoms with Gasteiger partial charge in [-0.05, 0) is 86.9 Å². The number of rotatable bonds is 14. The Labute approximate surface area is 308 Å². The highest BCUT2D eigenvalue weighted by atomic mass is 35.5. The summed E-state index contributed by atoms with van der Waals surface area (Å²) in [7, 11) is 1.26. The Morgan fingerprint density at radius 2 is 1.69 bits per heavy atom. The third kappa shape index (κ3) is 8.30. The Hall–Kier alpha value is -5.58. The molecule has 52 heavy (non-hydrogen) atoms. The van der Waals surface area contributed by atoms with E-state index in [9.17, 15) is 14.4 Å². The molecule has 1 aromatic heterocycles. The third-order valence-electron chi connectivity index (χ3n) is 7.77. The number of methoxy groups -OCH3 is 1. The second kappa shape index (κ2) is 17.1. The zero-order valence-corrected chi connectivity index (χ0v) is 30.8. The van der Waals surface area contributed by atoms with Crippen molar-refractivity contribution in [2.24, 2.45) is 4.99 Å². The Balaban J connectivity index is 1.58. The summed E-state index contributed by atoms with van der Waals surface area (Å²) in [5, 5.41) is 9.36. The van der Waals surface area contributed by atoms with Crippen molar-refractivity contribution < 1.29 is 38.0 Å². The fourth-order valence-electron chi connectivity index (χ4n) is 5.44. The van der Waals surface area contributed by atoms with E-state index in [1.165, 1.54) is 11.7 Å². The van der Waals surface area contributed by atoms with E-state index in [1.807, 2.05) is 6.92 Å². The summed E-state index contributed by atoms with van der Waals surface area (Å²) in [5.41, 5.74) is 2.67. The Bertz CT molecular complexity index is 2240. The largest absolute Gasteiger partial charge is 0.490 e. The van der Waals surface area contributed by atoms with Crippen LogP contribution in [0.1, 0.15) is 56.0 Å². The molecule has 3 aromatic carbocycles. The van der Waals surface area contributed by atoms with E-state index in [0.29, 0.717) is 55.6 Å². The first-order chi connectivity index (χ1) is 25.1. The SMILES string of the molecule is CCOC(=O)C1=C(C)N=c2s/c(=C/c3cc(Cl)c(OCc4ccc(C#N)cc4)c(OCC)c3)c(=O)n2[C@@H]1c1ccc(OCC(=O)OC)c(OCC)c1. The summed E-state index contributed by atoms with van der Waals surface area (Å²) in [6, 6.07) is 16.6. The predicted molar refractivity (Wildman–Crippen MR) is 194 cm³/mol. The second-order valence-electron chi connectivity index (χ2n) is 11.2. The van der Waals surface area contributed by atoms with E-state index < -0.39 is 23.5 Å². The molecule has 0 spiro atoms. The number of aromatic nitrogens is 1. The molecule has 0 bridgehead atoms. The molecular weight excluding hydrogens is 710 g/mol. The predicted octanol–water partition coefficient (Wildman–Crippen LogP) is 5.25. The normalized spacial score (nSPS) is 13.8. The minimum absolute atomic E-state index is 0.118. The van der Waals surface area contributed by atoms with Crippen LogP contribution in [0, 0.1) is 11.3 Å². The number of hydrogen-bond acceptors (Lipinski definition) is 12. The molecule has 0 aliphatic carbocycles. The average molecular weight is 746 g/mol. The Morgan fingerprint density at radius 1 is 0.962 bits per heavy atom. The number of halogens is 1. The van der Waals surface area contributed by atoms with Gasteiger partial charge in [0.2, 0.25) is 0 Å². The molecule has 0 N–H and O–H groups in total. The summed E-state index contributed by atoms with van der Waals surface area (Å²) in [5.74, 6) is 0.138. The lowest BCUT2D eigenvalue weighted by Gasteiger charge is -2.25. The summed E-state index contributed by atoms with van der Waals surface area (Å²) >= 11 is 7.88. The molecule has 1 aliphatic heterocycles. The minimum atomic E-state index is -0.924. The van der Waals surface area contributed by atoms with Crippen molar-refractivity contribution in [2.75, 3.05) is 33.5 Å². The number of ether oxygens (including phenoxy) is 6. The monoisotopic (exact) mass is 745 g/mol. The fourth-order valence-corrected chi connectivity index (χ4v) is 6.76. The molecule has 1 atom stereocenters. The van der Waals surface area contributed by atoms with Crippen molar-refractivity contribution >= 4 is 41.0 Å². The minimum Gasteiger partial charge on any atom is -0.490 e. The van der Waals surface area contributed by atoms with E-state index in [2.05, 4.69) is 15.8 Å². The van der Waals surface area contributed by atoms with Gasteiger partial charge in [0, 0.05) is 0 Å². The van der Waals surface area contributed by atoms with E-state index >= 15 is 0 Å². The topological polar surface area (TPSA) is 148 Å². The highest BCUT2D eigenvalue weighted by Gasteiger charge is 2.34. The summed E-state index contributed by atoms with van der Waals surface area (Å²) in [4.78, 5) is 44.5. The molecule has 0 saturated heterocycles. The van der Waals surface area contributed by atoms with Crippen LogP contribution in [0.15, 0.2) is 75.7 Å². The van der Waals surface area contributed by atoms with E-state index in [-0.39, 0.29) is 42.8 Å². The molecule has 1 aliphatic rings. The first kappa shape index (κ1) is 37.7. The summed E-state index contributed by atoms with van der Waals surface area (Å²) in [6.45, 7) is 7.61. The van der Waals surface area contributed by atoms with Gasteiger partial charge in [0.05, 0.1) is 65.4 Å². The maximum absolute atomic E-state index is 14.3. The molecule has 0 amide bonds. The van der Waals surface area contributed by atoms with E-state index in [1.54, 1.807) is 81.4 Å². The number of benzene rings is 3. The van der Waals surface area contributed by atoms with Crippen molar-refractivity contribution in [1.29, 1.82) is 5.26 Å². The molecule has 12 nitrogen and oxygen atoms in total. The number of allylic oxidation sites excluding steroid dienone is 1. The van der Waals surface area contributed by atoms with Crippen LogP contribution >= 0.6 is 22.9 Å². The quantitative estimate of drug-likeness (QED) is 0.157. The van der Waals surface area contributed by atoms with Gasteiger partial charge in [-0.1, -0.05) is 41.1 Å². The number of carbonyl (C=O) groups excluding carboxylic acids is 2. The van der Waals surface area contributed by atoms with Gasteiger partial charge in [0.15, 0.2) is 34.4 Å². The van der Waals surface area contributed by atoms with E-state index in [4.69, 9.17) is 40.5 Å². The van der Waals surface area contributed by atoms with Crippen LogP contribution in [0.25, 0.3) is 6.08 Å². The van der Waals surface area contributed by atoms with Gasteiger partial charge < -0.3 is 28.4 Å². The Kier molecular flexibility index (Phi) is 12.4. The molecule has 0 radical (unpaired) electrons. The molecule has 270 valence electrons. The highest BCUT2D eigenvalue weighted by Crippen LogP contribution is 2.38. The first-order valence-electron chi connectivity index (χ1n) is 16.4. The highest BCUT2D eigenvalue weighted by molar-refractivity contribution is 7.07. The van der Waals surface area contributed by atoms with Crippen molar-refractivity contribution in [2.45, 2.75) is 40.3 Å². The number of carbonyl (C=O) groups is 2. The maximum atomic E-state index is 14.3. The van der Waals surface area contributed by atoms with Gasteiger partial charge >= 0.3 is 11.9 Å². The van der Waals surface area contributed by atoms with Crippen LogP contribution in [0.2, 0.25) is 5.02 Å². The Morgan fingerprint density at radius 3 is 2.37 bits per heavy atom. The zero-order valence-electron chi connectivity index (χ0n) is 29.2. The number of hydrogen-bond donors (Lipinski definition) is 0. The van der Waals surface area contributed by atoms with Crippen LogP contribution in [-0.2, 0) is 25.7 Å². The van der Waals surface area contributed by atoms with Gasteiger partial charge in [-0.2, -0.15) is 5.26 Å². The second-order valence-corrected chi connectivity index (χ2v) is 12.6. The molecule has 0 fully saturated rings. The molecule has 0 unspecified atom stereocenters. The van der Waals surface area contributed by atoms with Crippen LogP contribution < -0.4 is 33.8 Å². The van der Waals surface area contributed by atoms with Gasteiger partial charge in [-0.25, -0.2) is 14.6 Å². The standard InChI is InChI=1S/C38H36ClN3O9S/c1-6-47-29-18-26(13-14-28(29)50-21-32(43)46-5)34-33(37(45)49-8-3)22(4)41-38-42(34)36(44)31(52-38)17-25-15-27(39)35(30(16-25)48-7-2)51-20-24-11-9-23(19-40)10-12-24/h9-18,34H,6-8,20-21H2,1-5H3/b31-17+/t34-/m1/s1. The van der Waals surface area contributed by atoms with Crippen LogP contribution in [-0.4, -0.2) is 50.0 Å². The van der Waals surface area contributed by atoms with Gasteiger partial charge in [0.1, 0.15) is 6.61 Å². The van der Waals surface area contributed by atoms with Crippen molar-refractivity contribution in [3.05, 3.63) is 113 Å². The van der Waals surface area contributed by atoms with Crippen molar-refractivity contribution in [3.8, 4) is 29.1 Å². The third-order valence-corrected chi connectivity index (χ3v) is 9.03. The number of thiazole rings is 1. The molecule has 14 heteroatoms. The maximum Gasteiger partial charge on any atom is 0.343 e. The number of esters is 2. The van der Waals surface area contributed by atoms with Crippen LogP contribution in [0.4, 0.5) is 0 Å². The van der Waals surface area contributed by atoms with Crippen molar-refractivity contribution in [3.63, 3.8) is 0 Å². The average Bonchev–Trinajstić information content (AvgIpc) is 3.43. The smallest absolute Gasteiger partial charge is 0.343 e. The fraction of sp³-hybridized carbons (Fsp3) is 0.289. The van der Waals surface area contributed by atoms with Gasteiger partial charge in [0.25, 0.3) is 5.56 Å². The van der Waals surface area contributed by atoms with Crippen LogP contribution in [0.3, 0.4) is 0 Å². The molecule has 2 heterocycles. The van der Waals surface area contributed by atoms with Crippen LogP contribution in [0.5, 0.6) is 23.0 Å². The molecule has 5 rings (SSSR count). The molecular formula is C38H36ClN3O9S. The molecule has 0 saturated carbocycles. The summed E-state index contributed by atoms with van der Waals surface area (Å²) < 4.78 is 35.3. The zero-order chi connectivity index (χ0) is 37.4. The lowest BCUT2D eigenvalue weighted by Crippen LogP contribution is -2.40. The van der Waals surface area contributed by atoms with E-state index in [0.717, 1.165) is 16.9 Å². The number of nitriles is 1. The molecule has 4 aromatic rings. The summed E-state index contributed by atoms with van der Waals surface area (Å²) in [6.07, 6.45) is 1.68.